The summed E-state index contributed by atoms with van der Waals surface area (Å²) < 4.78 is 11.3. The molecule has 168 valence electrons. The van der Waals surface area contributed by atoms with Crippen LogP contribution in [0.2, 0.25) is 0 Å². The zero-order valence-corrected chi connectivity index (χ0v) is 18.0. The molecule has 0 unspecified atom stereocenters. The van der Waals surface area contributed by atoms with Crippen LogP contribution in [0, 0.1) is 5.92 Å². The first-order chi connectivity index (χ1) is 16.2. The second kappa shape index (κ2) is 8.22. The molecule has 1 saturated carbocycles. The molecule has 0 bridgehead atoms. The third-order valence-corrected chi connectivity index (χ3v) is 6.40. The van der Waals surface area contributed by atoms with Crippen LogP contribution in [0.4, 0.5) is 0 Å². The maximum atomic E-state index is 9.21. The summed E-state index contributed by atoms with van der Waals surface area (Å²) in [6.45, 7) is 2.16. The number of rotatable bonds is 7. The molecule has 2 aromatic carbocycles. The van der Waals surface area contributed by atoms with E-state index in [0.29, 0.717) is 36.4 Å². The van der Waals surface area contributed by atoms with Crippen LogP contribution < -0.4 is 0 Å². The lowest BCUT2D eigenvalue weighted by Gasteiger charge is -2.40. The Morgan fingerprint density at radius 3 is 2.36 bits per heavy atom. The van der Waals surface area contributed by atoms with Gasteiger partial charge in [0.2, 0.25) is 5.82 Å². The highest BCUT2D eigenvalue weighted by molar-refractivity contribution is 5.71. The fourth-order valence-electron chi connectivity index (χ4n) is 4.38. The second-order valence-corrected chi connectivity index (χ2v) is 8.90. The summed E-state index contributed by atoms with van der Waals surface area (Å²) in [4.78, 5) is 6.79. The maximum absolute atomic E-state index is 9.21. The van der Waals surface area contributed by atoms with Crippen LogP contribution in [-0.4, -0.2) is 49.8 Å². The fourth-order valence-corrected chi connectivity index (χ4v) is 4.38. The molecule has 0 spiro atoms. The molecule has 8 nitrogen and oxygen atoms in total. The van der Waals surface area contributed by atoms with Gasteiger partial charge in [-0.2, -0.15) is 4.98 Å². The molecule has 2 aliphatic rings. The van der Waals surface area contributed by atoms with E-state index < -0.39 is 6.29 Å². The first kappa shape index (κ1) is 20.3. The number of hydrogen-bond acceptors (Lipinski definition) is 8. The Kier molecular flexibility index (Phi) is 5.05. The van der Waals surface area contributed by atoms with Crippen LogP contribution in [0.25, 0.3) is 34.3 Å². The van der Waals surface area contributed by atoms with Gasteiger partial charge in [-0.25, -0.2) is 0 Å². The lowest BCUT2D eigenvalue weighted by Crippen LogP contribution is -2.51. The molecule has 1 aliphatic heterocycles. The van der Waals surface area contributed by atoms with Crippen LogP contribution >= 0.6 is 0 Å². The van der Waals surface area contributed by atoms with E-state index in [0.717, 1.165) is 47.4 Å². The lowest BCUT2D eigenvalue weighted by molar-refractivity contribution is -0.130. The summed E-state index contributed by atoms with van der Waals surface area (Å²) in [7, 11) is 0. The highest BCUT2D eigenvalue weighted by atomic mass is 16.5. The average molecular weight is 444 g/mol. The van der Waals surface area contributed by atoms with Gasteiger partial charge in [-0.05, 0) is 24.3 Å². The third kappa shape index (κ3) is 3.97. The average Bonchev–Trinajstić information content (AvgIpc) is 3.36. The highest BCUT2D eigenvalue weighted by Gasteiger charge is 2.35. The summed E-state index contributed by atoms with van der Waals surface area (Å²) in [5.41, 5.74) is 4.68. The minimum absolute atomic E-state index is 0.0542. The van der Waals surface area contributed by atoms with Gasteiger partial charge < -0.3 is 19.3 Å². The Morgan fingerprint density at radius 1 is 0.909 bits per heavy atom. The number of aliphatic hydroxyl groups excluding tert-OH is 1. The van der Waals surface area contributed by atoms with Gasteiger partial charge in [-0.1, -0.05) is 64.9 Å². The molecule has 8 heteroatoms. The van der Waals surface area contributed by atoms with Crippen molar-refractivity contribution in [1.82, 2.24) is 20.2 Å². The van der Waals surface area contributed by atoms with Crippen molar-refractivity contribution in [2.45, 2.75) is 31.6 Å². The van der Waals surface area contributed by atoms with E-state index in [2.05, 4.69) is 20.2 Å². The van der Waals surface area contributed by atoms with Gasteiger partial charge in [-0.3, -0.25) is 4.90 Å². The number of hydrogen-bond donors (Lipinski definition) is 2. The van der Waals surface area contributed by atoms with Gasteiger partial charge in [0, 0.05) is 42.2 Å². The summed E-state index contributed by atoms with van der Waals surface area (Å²) in [5, 5.41) is 26.9. The van der Waals surface area contributed by atoms with Crippen LogP contribution in [-0.2, 0) is 6.54 Å². The summed E-state index contributed by atoms with van der Waals surface area (Å²) in [6, 6.07) is 18.0. The van der Waals surface area contributed by atoms with Crippen molar-refractivity contribution in [3.05, 3.63) is 65.7 Å². The molecule has 2 N–H and O–H groups in total. The number of benzene rings is 2. The minimum atomic E-state index is -1.23. The van der Waals surface area contributed by atoms with Crippen LogP contribution in [0.1, 0.15) is 29.9 Å². The maximum Gasteiger partial charge on any atom is 0.280 e. The molecule has 0 amide bonds. The normalized spacial score (nSPS) is 16.9. The number of aliphatic hydroxyl groups is 2. The van der Waals surface area contributed by atoms with E-state index in [9.17, 15) is 10.2 Å². The molecule has 2 aromatic heterocycles. The number of nitrogens with zero attached hydrogens (tertiary/aromatic N) is 4. The van der Waals surface area contributed by atoms with Gasteiger partial charge in [0.05, 0.1) is 0 Å². The van der Waals surface area contributed by atoms with Crippen molar-refractivity contribution >= 4 is 0 Å². The Labute approximate surface area is 190 Å². The van der Waals surface area contributed by atoms with Crippen molar-refractivity contribution in [2.75, 3.05) is 13.1 Å². The predicted molar refractivity (Wildman–Crippen MR) is 120 cm³/mol. The summed E-state index contributed by atoms with van der Waals surface area (Å²) in [6.07, 6.45) is 0.974. The van der Waals surface area contributed by atoms with E-state index in [1.807, 2.05) is 54.6 Å². The Balaban J connectivity index is 1.21. The minimum Gasteiger partial charge on any atom is -0.368 e. The molecule has 4 aromatic rings. The van der Waals surface area contributed by atoms with E-state index in [4.69, 9.17) is 9.05 Å². The van der Waals surface area contributed by atoms with Crippen LogP contribution in [0.5, 0.6) is 0 Å². The molecule has 3 heterocycles. The van der Waals surface area contributed by atoms with Gasteiger partial charge in [0.15, 0.2) is 17.7 Å². The second-order valence-electron chi connectivity index (χ2n) is 8.90. The van der Waals surface area contributed by atoms with E-state index in [1.165, 1.54) is 0 Å². The monoisotopic (exact) mass is 444 g/mol. The molecule has 1 saturated heterocycles. The van der Waals surface area contributed by atoms with Crippen molar-refractivity contribution in [2.24, 2.45) is 5.92 Å². The summed E-state index contributed by atoms with van der Waals surface area (Å²) >= 11 is 0. The summed E-state index contributed by atoms with van der Waals surface area (Å²) in [5.74, 6) is 2.01. The zero-order valence-electron chi connectivity index (χ0n) is 18.0. The topological polar surface area (TPSA) is 109 Å². The third-order valence-electron chi connectivity index (χ3n) is 6.40. The van der Waals surface area contributed by atoms with Crippen molar-refractivity contribution in [3.8, 4) is 34.3 Å². The first-order valence-corrected chi connectivity index (χ1v) is 11.2. The highest BCUT2D eigenvalue weighted by Crippen LogP contribution is 2.48. The van der Waals surface area contributed by atoms with Crippen LogP contribution in [0.3, 0.4) is 0 Å². The van der Waals surface area contributed by atoms with Gasteiger partial charge in [0.25, 0.3) is 5.89 Å². The fraction of sp³-hybridized carbons (Fsp3) is 0.320. The zero-order chi connectivity index (χ0) is 22.4. The Morgan fingerprint density at radius 2 is 1.67 bits per heavy atom. The first-order valence-electron chi connectivity index (χ1n) is 11.2. The van der Waals surface area contributed by atoms with Crippen molar-refractivity contribution in [3.63, 3.8) is 0 Å². The Hall–Kier alpha value is -3.33. The van der Waals surface area contributed by atoms with E-state index in [1.54, 1.807) is 0 Å². The molecular weight excluding hydrogens is 420 g/mol. The molecule has 33 heavy (non-hydrogen) atoms. The Bertz CT molecular complexity index is 1240. The lowest BCUT2D eigenvalue weighted by atomic mass is 9.98. The largest absolute Gasteiger partial charge is 0.368 e. The quantitative estimate of drug-likeness (QED) is 0.416. The van der Waals surface area contributed by atoms with Crippen LogP contribution in [0.15, 0.2) is 63.6 Å². The SMILES string of the molecule is OC(O)C1CN(Cc2ccc(-c3noc(-c4noc(-c5ccccc5)c4C4CC4)n3)cc2)C1. The van der Waals surface area contributed by atoms with Gasteiger partial charge in [-0.15, -0.1) is 0 Å². The molecule has 1 aliphatic carbocycles. The van der Waals surface area contributed by atoms with E-state index >= 15 is 0 Å². The standard InChI is InChI=1S/C25H24N4O4/c30-25(31)19-13-29(14-19)12-15-6-8-18(9-7-15)23-26-24(33-28-23)21-20(16-10-11-16)22(32-27-21)17-4-2-1-3-5-17/h1-9,16,19,25,30-31H,10-14H2. The number of aromatic nitrogens is 3. The van der Waals surface area contributed by atoms with E-state index in [-0.39, 0.29) is 5.92 Å². The predicted octanol–water partition coefficient (Wildman–Crippen LogP) is 3.68. The van der Waals surface area contributed by atoms with Crippen molar-refractivity contribution in [1.29, 1.82) is 0 Å². The number of likely N-dealkylation sites (tertiary alicyclic amines) is 1. The molecule has 6 rings (SSSR count). The van der Waals surface area contributed by atoms with Crippen molar-refractivity contribution < 1.29 is 19.3 Å². The van der Waals surface area contributed by atoms with Gasteiger partial charge in [0.1, 0.15) is 0 Å². The molecular formula is C25H24N4O4. The molecule has 0 atom stereocenters. The molecule has 2 fully saturated rings. The molecule has 0 radical (unpaired) electrons. The smallest absolute Gasteiger partial charge is 0.280 e. The van der Waals surface area contributed by atoms with Gasteiger partial charge >= 0.3 is 0 Å².